The van der Waals surface area contributed by atoms with Crippen molar-refractivity contribution in [2.24, 2.45) is 0 Å². The van der Waals surface area contributed by atoms with Crippen LogP contribution in [0.15, 0.2) is 376 Å². The molecule has 0 aliphatic rings. The Kier molecular flexibility index (Phi) is 16.9. The predicted molar refractivity (Wildman–Crippen MR) is 416 cm³/mol. The topological polar surface area (TPSA) is 103 Å². The minimum atomic E-state index is 0.569. The Morgan fingerprint density at radius 2 is 0.265 bits per heavy atom. The molecule has 0 aliphatic heterocycles. The van der Waals surface area contributed by atoms with E-state index in [0.29, 0.717) is 34.9 Å². The van der Waals surface area contributed by atoms with Gasteiger partial charge in [0.15, 0.2) is 34.9 Å². The zero-order chi connectivity index (χ0) is 68.0. The van der Waals surface area contributed by atoms with Crippen LogP contribution >= 0.6 is 0 Å². The zero-order valence-electron chi connectivity index (χ0n) is 55.4. The molecule has 0 radical (unpaired) electrons. The Morgan fingerprint density at radius 1 is 0.0980 bits per heavy atom. The molecule has 0 spiro atoms. The fraction of sp³-hybridized carbons (Fsp3) is 0. The average molecular weight is 1300 g/mol. The molecule has 4 aromatic heterocycles. The maximum atomic E-state index is 5.49. The molecule has 0 bridgehead atoms. The SMILES string of the molecule is c1ccc(-c2cc(-c3ccccc3)nc(-c3cccc(-c4cccc(-c5nc(-c6ccccc6)nc(-c6cccc(-c7cccc(-c8cc(-c9ccccc9)cc(-c9cccc(-c%10cccc(-c%11cccc(-c%12nc(-c%13ccccc%13)nc(-c%13ccccc%13)n%12)c%11)c%10)c9)n8)c7)c6)n5)c4)c3)c2)cc1. The van der Waals surface area contributed by atoms with Crippen LogP contribution in [0, 0.1) is 0 Å². The van der Waals surface area contributed by atoms with Gasteiger partial charge >= 0.3 is 0 Å². The summed E-state index contributed by atoms with van der Waals surface area (Å²) in [5.41, 5.74) is 25.8. The van der Waals surface area contributed by atoms with Crippen LogP contribution in [0.2, 0.25) is 0 Å². The highest BCUT2D eigenvalue weighted by Gasteiger charge is 2.19. The van der Waals surface area contributed by atoms with Gasteiger partial charge in [-0.15, -0.1) is 0 Å². The fourth-order valence-electron chi connectivity index (χ4n) is 13.1. The Bertz CT molecular complexity index is 5760. The first-order chi connectivity index (χ1) is 50.5. The van der Waals surface area contributed by atoms with Crippen LogP contribution in [0.3, 0.4) is 0 Å². The van der Waals surface area contributed by atoms with Gasteiger partial charge in [0, 0.05) is 55.6 Å². The molecule has 4 heterocycles. The van der Waals surface area contributed by atoms with E-state index in [4.69, 9.17) is 39.9 Å². The van der Waals surface area contributed by atoms with Gasteiger partial charge < -0.3 is 0 Å². The first-order valence-corrected chi connectivity index (χ1v) is 34.1. The van der Waals surface area contributed by atoms with Crippen molar-refractivity contribution in [3.05, 3.63) is 376 Å². The predicted octanol–water partition coefficient (Wildman–Crippen LogP) is 23.5. The van der Waals surface area contributed by atoms with Crippen molar-refractivity contribution in [1.29, 1.82) is 0 Å². The largest absolute Gasteiger partial charge is 0.248 e. The Labute approximate surface area is 592 Å². The standard InChI is InChI=1S/C94H62N8/c1-7-26-63(27-8-1)83-59-85(65-30-11-3-12-31-65)95-86(60-83)77-46-21-41-72(54-77)75-44-24-50-81(57-75)93-100-91(68-36-17-6-18-37-68)101-94(102-93)82-51-25-45-76(58-82)73-42-22-48-79(55-73)88-62-84(64-28-9-2-10-29-64)61-87(96-88)78-47-20-40-71(53-78)69-38-19-39-70(52-69)74-43-23-49-80(56-74)92-98-89(66-32-13-4-14-33-66)97-90(99-92)67-34-15-5-16-35-67/h1-62H. The van der Waals surface area contributed by atoms with Gasteiger partial charge in [-0.25, -0.2) is 39.9 Å². The van der Waals surface area contributed by atoms with Gasteiger partial charge in [-0.1, -0.05) is 309 Å². The van der Waals surface area contributed by atoms with E-state index in [9.17, 15) is 0 Å². The molecular formula is C94H62N8. The molecule has 13 aromatic carbocycles. The Balaban J connectivity index is 0.679. The molecule has 0 saturated heterocycles. The highest BCUT2D eigenvalue weighted by atomic mass is 15.0. The second-order valence-electron chi connectivity index (χ2n) is 25.1. The maximum Gasteiger partial charge on any atom is 0.164 e. The summed E-state index contributed by atoms with van der Waals surface area (Å²) in [4.78, 5) is 41.4. The minimum absolute atomic E-state index is 0.569. The number of hydrogen-bond acceptors (Lipinski definition) is 8. The molecule has 17 rings (SSSR count). The molecule has 102 heavy (non-hydrogen) atoms. The van der Waals surface area contributed by atoms with Crippen molar-refractivity contribution >= 4 is 0 Å². The van der Waals surface area contributed by atoms with Gasteiger partial charge in [0.25, 0.3) is 0 Å². The van der Waals surface area contributed by atoms with E-state index < -0.39 is 0 Å². The summed E-state index contributed by atoms with van der Waals surface area (Å²) >= 11 is 0. The van der Waals surface area contributed by atoms with Crippen LogP contribution in [-0.2, 0) is 0 Å². The van der Waals surface area contributed by atoms with Crippen LogP contribution in [0.25, 0.3) is 180 Å². The number of hydrogen-bond donors (Lipinski definition) is 0. The third-order valence-corrected chi connectivity index (χ3v) is 18.3. The number of pyridine rings is 2. The quantitative estimate of drug-likeness (QED) is 0.0943. The van der Waals surface area contributed by atoms with E-state index in [2.05, 4.69) is 273 Å². The second-order valence-corrected chi connectivity index (χ2v) is 25.1. The molecule has 0 fully saturated rings. The number of rotatable bonds is 16. The van der Waals surface area contributed by atoms with Crippen molar-refractivity contribution in [3.63, 3.8) is 0 Å². The summed E-state index contributed by atoms with van der Waals surface area (Å²) < 4.78 is 0. The highest BCUT2D eigenvalue weighted by molar-refractivity contribution is 5.85. The third kappa shape index (κ3) is 13.4. The summed E-state index contributed by atoms with van der Waals surface area (Å²) in [6.45, 7) is 0. The molecule has 0 atom stereocenters. The van der Waals surface area contributed by atoms with Gasteiger partial charge in [0.2, 0.25) is 0 Å². The van der Waals surface area contributed by atoms with Crippen molar-refractivity contribution < 1.29 is 0 Å². The van der Waals surface area contributed by atoms with E-state index in [1.165, 1.54) is 0 Å². The normalized spacial score (nSPS) is 11.1. The van der Waals surface area contributed by atoms with Crippen LogP contribution in [0.5, 0.6) is 0 Å². The lowest BCUT2D eigenvalue weighted by Crippen LogP contribution is -2.00. The van der Waals surface area contributed by atoms with Gasteiger partial charge in [0.1, 0.15) is 0 Å². The monoisotopic (exact) mass is 1300 g/mol. The van der Waals surface area contributed by atoms with Crippen LogP contribution in [-0.4, -0.2) is 39.9 Å². The lowest BCUT2D eigenvalue weighted by molar-refractivity contribution is 1.07. The first kappa shape index (κ1) is 61.7. The van der Waals surface area contributed by atoms with Crippen molar-refractivity contribution in [1.82, 2.24) is 39.9 Å². The summed E-state index contributed by atoms with van der Waals surface area (Å²) in [6.07, 6.45) is 0. The Hall–Kier alpha value is -13.8. The molecular weight excluding hydrogens is 1240 g/mol. The van der Waals surface area contributed by atoms with E-state index in [1.54, 1.807) is 0 Å². The molecule has 0 aliphatic carbocycles. The lowest BCUT2D eigenvalue weighted by atomic mass is 9.95. The van der Waals surface area contributed by atoms with E-state index >= 15 is 0 Å². The number of aromatic nitrogens is 8. The number of benzene rings is 13. The summed E-state index contributed by atoms with van der Waals surface area (Å²) in [6, 6.07) is 131. The molecule has 0 amide bonds. The van der Waals surface area contributed by atoms with Gasteiger partial charge in [-0.2, -0.15) is 0 Å². The maximum absolute atomic E-state index is 5.49. The van der Waals surface area contributed by atoms with E-state index in [-0.39, 0.29) is 0 Å². The fourth-order valence-corrected chi connectivity index (χ4v) is 13.1. The van der Waals surface area contributed by atoms with E-state index in [1.807, 2.05) is 103 Å². The minimum Gasteiger partial charge on any atom is -0.248 e. The highest BCUT2D eigenvalue weighted by Crippen LogP contribution is 2.39. The van der Waals surface area contributed by atoms with Crippen molar-refractivity contribution in [3.8, 4) is 180 Å². The third-order valence-electron chi connectivity index (χ3n) is 18.3. The van der Waals surface area contributed by atoms with Crippen molar-refractivity contribution in [2.75, 3.05) is 0 Å². The molecule has 8 nitrogen and oxygen atoms in total. The van der Waals surface area contributed by atoms with Crippen molar-refractivity contribution in [2.45, 2.75) is 0 Å². The molecule has 478 valence electrons. The lowest BCUT2D eigenvalue weighted by Gasteiger charge is -2.13. The van der Waals surface area contributed by atoms with Gasteiger partial charge in [-0.3, -0.25) is 0 Å². The molecule has 0 saturated carbocycles. The summed E-state index contributed by atoms with van der Waals surface area (Å²) in [5, 5.41) is 0. The van der Waals surface area contributed by atoms with Gasteiger partial charge in [0.05, 0.1) is 22.8 Å². The zero-order valence-corrected chi connectivity index (χ0v) is 55.4. The number of nitrogens with zero attached hydrogens (tertiary/aromatic N) is 8. The molecule has 17 aromatic rings. The Morgan fingerprint density at radius 3 is 0.520 bits per heavy atom. The van der Waals surface area contributed by atoms with E-state index in [0.717, 1.165) is 145 Å². The summed E-state index contributed by atoms with van der Waals surface area (Å²) in [7, 11) is 0. The first-order valence-electron chi connectivity index (χ1n) is 34.1. The van der Waals surface area contributed by atoms with Crippen LogP contribution < -0.4 is 0 Å². The van der Waals surface area contributed by atoms with Crippen LogP contribution in [0.1, 0.15) is 0 Å². The molecule has 0 unspecified atom stereocenters. The average Bonchev–Trinajstić information content (AvgIpc) is 0.803. The smallest absolute Gasteiger partial charge is 0.164 e. The van der Waals surface area contributed by atoms with Gasteiger partial charge in [-0.05, 0) is 133 Å². The molecule has 8 heteroatoms. The second kappa shape index (κ2) is 28.0. The molecule has 0 N–H and O–H groups in total. The summed E-state index contributed by atoms with van der Waals surface area (Å²) in [5.74, 6) is 3.59. The van der Waals surface area contributed by atoms with Crippen LogP contribution in [0.4, 0.5) is 0 Å².